The van der Waals surface area contributed by atoms with E-state index in [2.05, 4.69) is 0 Å². The molecular weight excluding hydrogens is 389 g/mol. The number of hydrogen-bond acceptors (Lipinski definition) is 4. The van der Waals surface area contributed by atoms with Crippen LogP contribution in [0.4, 0.5) is 5.69 Å². The lowest BCUT2D eigenvalue weighted by Gasteiger charge is -2.27. The molecule has 140 valence electrons. The first-order valence-electron chi connectivity index (χ1n) is 8.27. The van der Waals surface area contributed by atoms with Crippen molar-refractivity contribution in [3.8, 4) is 5.75 Å². The number of nitrogens with zero attached hydrogens (tertiary/aromatic N) is 1. The lowest BCUT2D eigenvalue weighted by atomic mass is 9.91. The Morgan fingerprint density at radius 1 is 1.11 bits per heavy atom. The Bertz CT molecular complexity index is 968. The molecule has 0 spiro atoms. The molecule has 3 rings (SSSR count). The minimum atomic E-state index is -0.885. The SMILES string of the molecule is CC(C)C(=O)C1=C(O)C(=O)N(c2cccc(Cl)c2)C1c1ccc(O)c(Cl)c1. The molecule has 0 saturated heterocycles. The first-order chi connectivity index (χ1) is 12.7. The average molecular weight is 406 g/mol. The van der Waals surface area contributed by atoms with Gasteiger partial charge in [-0.1, -0.05) is 49.2 Å². The van der Waals surface area contributed by atoms with Gasteiger partial charge in [0.25, 0.3) is 5.91 Å². The van der Waals surface area contributed by atoms with E-state index in [9.17, 15) is 19.8 Å². The Kier molecular flexibility index (Phi) is 5.18. The van der Waals surface area contributed by atoms with Gasteiger partial charge < -0.3 is 10.2 Å². The maximum Gasteiger partial charge on any atom is 0.294 e. The number of hydrogen-bond donors (Lipinski definition) is 2. The third kappa shape index (κ3) is 3.40. The Morgan fingerprint density at radius 3 is 2.41 bits per heavy atom. The van der Waals surface area contributed by atoms with E-state index < -0.39 is 23.6 Å². The van der Waals surface area contributed by atoms with Crippen LogP contribution in [0.1, 0.15) is 25.5 Å². The van der Waals surface area contributed by atoms with E-state index in [1.54, 1.807) is 44.2 Å². The third-order valence-electron chi connectivity index (χ3n) is 4.37. The fraction of sp³-hybridized carbons (Fsp3) is 0.200. The Labute approximate surface area is 166 Å². The highest BCUT2D eigenvalue weighted by Crippen LogP contribution is 2.43. The van der Waals surface area contributed by atoms with Gasteiger partial charge in [0, 0.05) is 16.6 Å². The van der Waals surface area contributed by atoms with Crippen LogP contribution in [0.5, 0.6) is 5.75 Å². The lowest BCUT2D eigenvalue weighted by Crippen LogP contribution is -2.31. The summed E-state index contributed by atoms with van der Waals surface area (Å²) in [6.07, 6.45) is 0. The summed E-state index contributed by atoms with van der Waals surface area (Å²) in [5.41, 5.74) is 0.913. The molecular formula is C20H17Cl2NO4. The fourth-order valence-electron chi connectivity index (χ4n) is 3.07. The Hall–Kier alpha value is -2.50. The van der Waals surface area contributed by atoms with Crippen LogP contribution in [0.25, 0.3) is 0 Å². The second-order valence-corrected chi connectivity index (χ2v) is 7.39. The van der Waals surface area contributed by atoms with Crippen molar-refractivity contribution in [1.29, 1.82) is 0 Å². The molecule has 27 heavy (non-hydrogen) atoms. The number of aliphatic hydroxyl groups is 1. The zero-order chi connectivity index (χ0) is 19.9. The molecule has 2 aromatic carbocycles. The fourth-order valence-corrected chi connectivity index (χ4v) is 3.44. The van der Waals surface area contributed by atoms with Gasteiger partial charge in [-0.3, -0.25) is 14.5 Å². The first kappa shape index (κ1) is 19.3. The monoisotopic (exact) mass is 405 g/mol. The van der Waals surface area contributed by atoms with Gasteiger partial charge in [0.2, 0.25) is 0 Å². The van der Waals surface area contributed by atoms with E-state index >= 15 is 0 Å². The van der Waals surface area contributed by atoms with Gasteiger partial charge in [0.15, 0.2) is 11.5 Å². The van der Waals surface area contributed by atoms with Crippen LogP contribution in [0.3, 0.4) is 0 Å². The number of Topliss-reactive ketones (excluding diaryl/α,β-unsaturated/α-hetero) is 1. The van der Waals surface area contributed by atoms with Crippen LogP contribution in [0.2, 0.25) is 10.0 Å². The average Bonchev–Trinajstić information content (AvgIpc) is 2.88. The molecule has 0 aliphatic carbocycles. The summed E-state index contributed by atoms with van der Waals surface area (Å²) in [5, 5.41) is 20.7. The van der Waals surface area contributed by atoms with E-state index in [-0.39, 0.29) is 22.1 Å². The molecule has 1 atom stereocenters. The molecule has 0 aromatic heterocycles. The summed E-state index contributed by atoms with van der Waals surface area (Å²) in [6, 6.07) is 10.1. The minimum absolute atomic E-state index is 0.00303. The molecule has 2 aromatic rings. The normalized spacial score (nSPS) is 17.1. The second kappa shape index (κ2) is 7.25. The van der Waals surface area contributed by atoms with E-state index in [1.807, 2.05) is 0 Å². The third-order valence-corrected chi connectivity index (χ3v) is 4.91. The van der Waals surface area contributed by atoms with Crippen molar-refractivity contribution >= 4 is 40.6 Å². The number of rotatable bonds is 4. The van der Waals surface area contributed by atoms with Crippen LogP contribution in [-0.4, -0.2) is 21.9 Å². The highest BCUT2D eigenvalue weighted by atomic mass is 35.5. The van der Waals surface area contributed by atoms with Crippen molar-refractivity contribution in [3.63, 3.8) is 0 Å². The number of phenolic OH excluding ortho intramolecular Hbond substituents is 1. The number of carbonyl (C=O) groups is 2. The number of carbonyl (C=O) groups excluding carboxylic acids is 2. The maximum atomic E-state index is 12.8. The summed E-state index contributed by atoms with van der Waals surface area (Å²) in [7, 11) is 0. The van der Waals surface area contributed by atoms with Crippen molar-refractivity contribution in [2.75, 3.05) is 4.90 Å². The summed E-state index contributed by atoms with van der Waals surface area (Å²) in [4.78, 5) is 26.9. The molecule has 0 bridgehead atoms. The smallest absolute Gasteiger partial charge is 0.294 e. The molecule has 7 heteroatoms. The number of anilines is 1. The summed E-state index contributed by atoms with van der Waals surface area (Å²) in [6.45, 7) is 3.38. The van der Waals surface area contributed by atoms with Crippen LogP contribution in [-0.2, 0) is 9.59 Å². The van der Waals surface area contributed by atoms with Crippen molar-refractivity contribution in [1.82, 2.24) is 0 Å². The largest absolute Gasteiger partial charge is 0.506 e. The molecule has 5 nitrogen and oxygen atoms in total. The zero-order valence-electron chi connectivity index (χ0n) is 14.6. The van der Waals surface area contributed by atoms with E-state index in [1.165, 1.54) is 17.0 Å². The molecule has 1 heterocycles. The van der Waals surface area contributed by atoms with Gasteiger partial charge >= 0.3 is 0 Å². The topological polar surface area (TPSA) is 77.8 Å². The number of aromatic hydroxyl groups is 1. The van der Waals surface area contributed by atoms with Crippen LogP contribution in [0, 0.1) is 5.92 Å². The first-order valence-corrected chi connectivity index (χ1v) is 9.02. The van der Waals surface area contributed by atoms with Gasteiger partial charge in [0.1, 0.15) is 5.75 Å². The van der Waals surface area contributed by atoms with Crippen LogP contribution < -0.4 is 4.90 Å². The molecule has 1 unspecified atom stereocenters. The van der Waals surface area contributed by atoms with E-state index in [4.69, 9.17) is 23.2 Å². The number of halogens is 2. The van der Waals surface area contributed by atoms with Crippen molar-refractivity contribution in [2.45, 2.75) is 19.9 Å². The van der Waals surface area contributed by atoms with Crippen molar-refractivity contribution in [2.24, 2.45) is 5.92 Å². The van der Waals surface area contributed by atoms with Crippen molar-refractivity contribution < 1.29 is 19.8 Å². The highest BCUT2D eigenvalue weighted by molar-refractivity contribution is 6.32. The van der Waals surface area contributed by atoms with Gasteiger partial charge in [0.05, 0.1) is 16.6 Å². The minimum Gasteiger partial charge on any atom is -0.506 e. The molecule has 0 fully saturated rings. The highest BCUT2D eigenvalue weighted by Gasteiger charge is 2.44. The van der Waals surface area contributed by atoms with Crippen molar-refractivity contribution in [3.05, 3.63) is 69.4 Å². The maximum absolute atomic E-state index is 12.8. The number of amides is 1. The van der Waals surface area contributed by atoms with Crippen LogP contribution in [0.15, 0.2) is 53.8 Å². The van der Waals surface area contributed by atoms with Gasteiger partial charge in [-0.25, -0.2) is 0 Å². The van der Waals surface area contributed by atoms with E-state index in [0.29, 0.717) is 16.3 Å². The number of phenols is 1. The molecule has 1 amide bonds. The van der Waals surface area contributed by atoms with Crippen LogP contribution >= 0.6 is 23.2 Å². The Balaban J connectivity index is 2.22. The molecule has 0 saturated carbocycles. The lowest BCUT2D eigenvalue weighted by molar-refractivity contribution is -0.119. The second-order valence-electron chi connectivity index (χ2n) is 6.55. The molecule has 0 radical (unpaired) electrons. The predicted molar refractivity (Wildman–Crippen MR) is 104 cm³/mol. The van der Waals surface area contributed by atoms with Gasteiger partial charge in [-0.05, 0) is 35.9 Å². The molecule has 1 aliphatic heterocycles. The number of ketones is 1. The summed E-state index contributed by atoms with van der Waals surface area (Å²) in [5.74, 6) is -2.19. The Morgan fingerprint density at radius 2 is 1.81 bits per heavy atom. The van der Waals surface area contributed by atoms with Gasteiger partial charge in [-0.2, -0.15) is 0 Å². The molecule has 1 aliphatic rings. The summed E-state index contributed by atoms with van der Waals surface area (Å²) >= 11 is 12.1. The van der Waals surface area contributed by atoms with E-state index in [0.717, 1.165) is 0 Å². The quantitative estimate of drug-likeness (QED) is 0.763. The predicted octanol–water partition coefficient (Wildman–Crippen LogP) is 4.82. The van der Waals surface area contributed by atoms with Gasteiger partial charge in [-0.15, -0.1) is 0 Å². The zero-order valence-corrected chi connectivity index (χ0v) is 16.1. The molecule has 2 N–H and O–H groups in total. The summed E-state index contributed by atoms with van der Waals surface area (Å²) < 4.78 is 0. The number of aliphatic hydroxyl groups excluding tert-OH is 1. The number of benzene rings is 2. The standard InChI is InChI=1S/C20H17Cl2NO4/c1-10(2)18(25)16-17(11-6-7-15(24)14(22)8-11)23(20(27)19(16)26)13-5-3-4-12(21)9-13/h3-10,17,24,26H,1-2H3.